The largest absolute Gasteiger partial charge is 0.506 e. The monoisotopic (exact) mass is 177 g/mol. The van der Waals surface area contributed by atoms with Crippen LogP contribution in [0.25, 0.3) is 0 Å². The summed E-state index contributed by atoms with van der Waals surface area (Å²) in [5.41, 5.74) is 5.73. The van der Waals surface area contributed by atoms with Crippen molar-refractivity contribution in [3.05, 3.63) is 22.2 Å². The Morgan fingerprint density at radius 2 is 1.80 bits per heavy atom. The van der Waals surface area contributed by atoms with Crippen molar-refractivity contribution in [3.8, 4) is 5.75 Å². The molecule has 2 nitrogen and oxygen atoms in total. The summed E-state index contributed by atoms with van der Waals surface area (Å²) in [5.74, 6) is -0.0548. The molecule has 0 aliphatic rings. The van der Waals surface area contributed by atoms with Gasteiger partial charge in [-0.25, -0.2) is 0 Å². The summed E-state index contributed by atoms with van der Waals surface area (Å²) in [5, 5.41) is 9.25. The topological polar surface area (TPSA) is 46.2 Å². The zero-order chi connectivity index (χ0) is 7.72. The van der Waals surface area contributed by atoms with Crippen LogP contribution in [0.2, 0.25) is 10.0 Å². The first kappa shape index (κ1) is 7.51. The third-order valence-corrected chi connectivity index (χ3v) is 1.98. The lowest BCUT2D eigenvalue weighted by Crippen LogP contribution is -1.85. The van der Waals surface area contributed by atoms with Gasteiger partial charge in [-0.2, -0.15) is 0 Å². The maximum Gasteiger partial charge on any atom is 0.135 e. The van der Waals surface area contributed by atoms with Crippen molar-refractivity contribution in [2.75, 3.05) is 5.73 Å². The molecule has 4 heteroatoms. The molecule has 0 saturated carbocycles. The Morgan fingerprint density at radius 3 is 2.30 bits per heavy atom. The van der Waals surface area contributed by atoms with Crippen LogP contribution in [0.5, 0.6) is 5.75 Å². The minimum absolute atomic E-state index is 0.0548. The van der Waals surface area contributed by atoms with Crippen molar-refractivity contribution in [2.45, 2.75) is 0 Å². The molecule has 0 bridgehead atoms. The SMILES string of the molecule is Nc1ccc(O)c(Cl)c1Cl. The molecule has 1 rings (SSSR count). The minimum Gasteiger partial charge on any atom is -0.506 e. The zero-order valence-electron chi connectivity index (χ0n) is 4.94. The molecule has 0 heterocycles. The summed E-state index contributed by atoms with van der Waals surface area (Å²) < 4.78 is 0. The van der Waals surface area contributed by atoms with E-state index in [1.165, 1.54) is 12.1 Å². The highest BCUT2D eigenvalue weighted by Gasteiger charge is 2.05. The summed E-state index contributed by atoms with van der Waals surface area (Å²) >= 11 is 11.1. The quantitative estimate of drug-likeness (QED) is 0.472. The normalized spacial score (nSPS) is 9.80. The van der Waals surface area contributed by atoms with Crippen LogP contribution in [0, 0.1) is 0 Å². The van der Waals surface area contributed by atoms with Gasteiger partial charge in [-0.3, -0.25) is 0 Å². The number of phenolic OH excluding ortho intramolecular Hbond substituents is 1. The zero-order valence-corrected chi connectivity index (χ0v) is 6.45. The highest BCUT2D eigenvalue weighted by atomic mass is 35.5. The van der Waals surface area contributed by atoms with E-state index in [1.807, 2.05) is 0 Å². The second-order valence-corrected chi connectivity index (χ2v) is 2.56. The first-order valence-electron chi connectivity index (χ1n) is 2.55. The molecule has 0 fully saturated rings. The van der Waals surface area contributed by atoms with Crippen molar-refractivity contribution in [1.82, 2.24) is 0 Å². The van der Waals surface area contributed by atoms with Gasteiger partial charge < -0.3 is 10.8 Å². The first-order valence-corrected chi connectivity index (χ1v) is 3.31. The predicted molar refractivity (Wildman–Crippen MR) is 42.5 cm³/mol. The van der Waals surface area contributed by atoms with E-state index in [2.05, 4.69) is 0 Å². The molecular formula is C6H5Cl2NO. The summed E-state index contributed by atoms with van der Waals surface area (Å²) in [6.07, 6.45) is 0. The van der Waals surface area contributed by atoms with Crippen LogP contribution < -0.4 is 5.73 Å². The molecule has 3 N–H and O–H groups in total. The molecule has 1 aromatic rings. The van der Waals surface area contributed by atoms with Gasteiger partial charge in [-0.05, 0) is 12.1 Å². The third kappa shape index (κ3) is 1.13. The molecule has 0 unspecified atom stereocenters. The van der Waals surface area contributed by atoms with Crippen LogP contribution in [0.15, 0.2) is 12.1 Å². The van der Waals surface area contributed by atoms with Gasteiger partial charge in [-0.15, -0.1) is 0 Å². The predicted octanol–water partition coefficient (Wildman–Crippen LogP) is 2.28. The van der Waals surface area contributed by atoms with E-state index in [1.54, 1.807) is 0 Å². The molecule has 54 valence electrons. The van der Waals surface area contributed by atoms with E-state index in [0.29, 0.717) is 5.69 Å². The molecule has 0 spiro atoms. The minimum atomic E-state index is -0.0548. The van der Waals surface area contributed by atoms with Gasteiger partial charge in [0.1, 0.15) is 10.8 Å². The van der Waals surface area contributed by atoms with Gasteiger partial charge in [0, 0.05) is 0 Å². The van der Waals surface area contributed by atoms with E-state index < -0.39 is 0 Å². The number of nitrogens with two attached hydrogens (primary N) is 1. The van der Waals surface area contributed by atoms with Crippen LogP contribution in [0.4, 0.5) is 5.69 Å². The first-order chi connectivity index (χ1) is 4.63. The maximum absolute atomic E-state index is 8.95. The number of phenols is 1. The molecule has 0 radical (unpaired) electrons. The standard InChI is InChI=1S/C6H5Cl2NO/c7-5-3(9)1-2-4(10)6(5)8/h1-2,10H,9H2. The van der Waals surface area contributed by atoms with Crippen LogP contribution in [0.1, 0.15) is 0 Å². The number of hydrogen-bond donors (Lipinski definition) is 2. The third-order valence-electron chi connectivity index (χ3n) is 1.09. The molecular weight excluding hydrogens is 173 g/mol. The van der Waals surface area contributed by atoms with Gasteiger partial charge in [0.05, 0.1) is 10.7 Å². The molecule has 0 aromatic heterocycles. The number of halogens is 2. The van der Waals surface area contributed by atoms with E-state index in [4.69, 9.17) is 34.0 Å². The second kappa shape index (κ2) is 2.56. The summed E-state index contributed by atoms with van der Waals surface area (Å²) in [6.45, 7) is 0. The summed E-state index contributed by atoms with van der Waals surface area (Å²) in [6, 6.07) is 2.88. The maximum atomic E-state index is 8.95. The lowest BCUT2D eigenvalue weighted by molar-refractivity contribution is 0.476. The van der Waals surface area contributed by atoms with Gasteiger partial charge in [0.15, 0.2) is 0 Å². The highest BCUT2D eigenvalue weighted by molar-refractivity contribution is 6.44. The average Bonchev–Trinajstić information content (AvgIpc) is 1.93. The number of rotatable bonds is 0. The number of nitrogen functional groups attached to an aromatic ring is 1. The number of benzene rings is 1. The van der Waals surface area contributed by atoms with Crippen molar-refractivity contribution in [3.63, 3.8) is 0 Å². The van der Waals surface area contributed by atoms with E-state index in [-0.39, 0.29) is 15.8 Å². The van der Waals surface area contributed by atoms with E-state index in [9.17, 15) is 0 Å². The Morgan fingerprint density at radius 1 is 1.20 bits per heavy atom. The van der Waals surface area contributed by atoms with E-state index in [0.717, 1.165) is 0 Å². The lowest BCUT2D eigenvalue weighted by Gasteiger charge is -2.00. The second-order valence-electron chi connectivity index (χ2n) is 1.80. The molecule has 0 aliphatic heterocycles. The Balaban J connectivity index is 3.34. The Kier molecular flexibility index (Phi) is 1.92. The van der Waals surface area contributed by atoms with Crippen molar-refractivity contribution >= 4 is 28.9 Å². The van der Waals surface area contributed by atoms with Crippen LogP contribution in [0.3, 0.4) is 0 Å². The average molecular weight is 178 g/mol. The lowest BCUT2D eigenvalue weighted by atomic mass is 10.3. The fourth-order valence-corrected chi connectivity index (χ4v) is 0.886. The molecule has 0 amide bonds. The van der Waals surface area contributed by atoms with Crippen LogP contribution in [-0.4, -0.2) is 5.11 Å². The molecule has 0 atom stereocenters. The Bertz CT molecular complexity index is 235. The molecule has 10 heavy (non-hydrogen) atoms. The highest BCUT2D eigenvalue weighted by Crippen LogP contribution is 2.34. The number of anilines is 1. The smallest absolute Gasteiger partial charge is 0.135 e. The number of aromatic hydroxyl groups is 1. The van der Waals surface area contributed by atoms with Crippen LogP contribution in [-0.2, 0) is 0 Å². The number of hydrogen-bond acceptors (Lipinski definition) is 2. The molecule has 0 saturated heterocycles. The summed E-state index contributed by atoms with van der Waals surface area (Å²) in [4.78, 5) is 0. The van der Waals surface area contributed by atoms with Crippen molar-refractivity contribution in [1.29, 1.82) is 0 Å². The van der Waals surface area contributed by atoms with Crippen molar-refractivity contribution in [2.24, 2.45) is 0 Å². The summed E-state index contributed by atoms with van der Waals surface area (Å²) in [7, 11) is 0. The van der Waals surface area contributed by atoms with Gasteiger partial charge in [-0.1, -0.05) is 23.2 Å². The Hall–Kier alpha value is -0.600. The van der Waals surface area contributed by atoms with Crippen molar-refractivity contribution < 1.29 is 5.11 Å². The molecule has 1 aromatic carbocycles. The van der Waals surface area contributed by atoms with Gasteiger partial charge in [0.25, 0.3) is 0 Å². The van der Waals surface area contributed by atoms with Crippen LogP contribution >= 0.6 is 23.2 Å². The van der Waals surface area contributed by atoms with Gasteiger partial charge >= 0.3 is 0 Å². The van der Waals surface area contributed by atoms with E-state index >= 15 is 0 Å². The van der Waals surface area contributed by atoms with Gasteiger partial charge in [0.2, 0.25) is 0 Å². The fraction of sp³-hybridized carbons (Fsp3) is 0. The Labute approximate surface area is 68.2 Å². The molecule has 0 aliphatic carbocycles. The fourth-order valence-electron chi connectivity index (χ4n) is 0.554.